The highest BCUT2D eigenvalue weighted by Gasteiger charge is 2.09. The average Bonchev–Trinajstić information content (AvgIpc) is 2.27. The predicted octanol–water partition coefficient (Wildman–Crippen LogP) is 0.577. The lowest BCUT2D eigenvalue weighted by atomic mass is 10.2. The van der Waals surface area contributed by atoms with Crippen LogP contribution in [0.25, 0.3) is 0 Å². The van der Waals surface area contributed by atoms with Crippen LogP contribution in [-0.2, 0) is 0 Å². The molecule has 4 N–H and O–H groups in total. The highest BCUT2D eigenvalue weighted by Crippen LogP contribution is 2.19. The van der Waals surface area contributed by atoms with Gasteiger partial charge in [0.05, 0.1) is 10.6 Å². The number of guanidine groups is 1. The number of nitrogens with one attached hydrogen (secondary N) is 1. The molecule has 0 heterocycles. The van der Waals surface area contributed by atoms with Crippen molar-refractivity contribution in [1.82, 2.24) is 0 Å². The second kappa shape index (κ2) is 6.62. The van der Waals surface area contributed by atoms with Crippen LogP contribution in [0.3, 0.4) is 0 Å². The molecule has 1 aromatic rings. The Bertz CT molecular complexity index is 459. The summed E-state index contributed by atoms with van der Waals surface area (Å²) in [5, 5.41) is 31.2. The number of hydrogen-bond donors (Lipinski definition) is 3. The fourth-order valence-electron chi connectivity index (χ4n) is 0.954. The van der Waals surface area contributed by atoms with E-state index in [0.717, 1.165) is 0 Å². The first kappa shape index (κ1) is 15.1. The maximum absolute atomic E-state index is 10.4. The fourth-order valence-corrected chi connectivity index (χ4v) is 0.954. The lowest BCUT2D eigenvalue weighted by Crippen LogP contribution is -2.32. The molecule has 18 heavy (non-hydrogen) atoms. The molecule has 0 amide bonds. The summed E-state index contributed by atoms with van der Waals surface area (Å²) in [7, 11) is 1.57. The molecule has 0 saturated carbocycles. The van der Waals surface area contributed by atoms with Crippen LogP contribution in [0, 0.1) is 25.6 Å². The highest BCUT2D eigenvalue weighted by molar-refractivity contribution is 5.92. The van der Waals surface area contributed by atoms with Crippen LogP contribution in [0.1, 0.15) is 0 Å². The number of rotatable bonds is 2. The first-order valence-electron chi connectivity index (χ1n) is 4.41. The molecule has 1 rings (SSSR count). The number of non-ortho nitro benzene ring substituents is 1. The van der Waals surface area contributed by atoms with E-state index in [0.29, 0.717) is 5.69 Å². The molecule has 0 radical (unpaired) electrons. The lowest BCUT2D eigenvalue weighted by molar-refractivity contribution is -0.742. The molecule has 10 nitrogen and oxygen atoms in total. The number of nitro benzene ring substituents is 1. The summed E-state index contributed by atoms with van der Waals surface area (Å²) >= 11 is 0. The zero-order valence-electron chi connectivity index (χ0n) is 9.31. The number of nitrogens with two attached hydrogens (primary N) is 1. The Morgan fingerprint density at radius 2 is 1.94 bits per heavy atom. The van der Waals surface area contributed by atoms with Crippen molar-refractivity contribution >= 4 is 17.3 Å². The van der Waals surface area contributed by atoms with E-state index in [9.17, 15) is 10.1 Å². The Balaban J connectivity index is 0.000000631. The van der Waals surface area contributed by atoms with E-state index >= 15 is 0 Å². The van der Waals surface area contributed by atoms with Gasteiger partial charge in [-0.15, -0.1) is 10.1 Å². The SMILES string of the molecule is CN(C(=N)N)c1cccc([N+](=O)[O-])c1.O=[N+]([O-])O. The highest BCUT2D eigenvalue weighted by atomic mass is 16.9. The van der Waals surface area contributed by atoms with Gasteiger partial charge in [-0.25, -0.2) is 0 Å². The molecule has 0 unspecified atom stereocenters. The zero-order chi connectivity index (χ0) is 14.3. The van der Waals surface area contributed by atoms with Crippen LogP contribution in [0.2, 0.25) is 0 Å². The van der Waals surface area contributed by atoms with Crippen LogP contribution < -0.4 is 10.6 Å². The van der Waals surface area contributed by atoms with E-state index in [4.69, 9.17) is 26.5 Å². The third-order valence-electron chi connectivity index (χ3n) is 1.79. The number of nitrogens with zero attached hydrogens (tertiary/aromatic N) is 3. The average molecular weight is 257 g/mol. The van der Waals surface area contributed by atoms with Gasteiger partial charge in [-0.2, -0.15) is 0 Å². The Labute approximate surface area is 101 Å². The van der Waals surface area contributed by atoms with Crippen LogP contribution in [0.4, 0.5) is 11.4 Å². The molecule has 0 aliphatic carbocycles. The number of anilines is 1. The molecular weight excluding hydrogens is 246 g/mol. The van der Waals surface area contributed by atoms with Crippen LogP contribution in [0.5, 0.6) is 0 Å². The molecule has 98 valence electrons. The topological polar surface area (TPSA) is 160 Å². The van der Waals surface area contributed by atoms with Gasteiger partial charge in [0.2, 0.25) is 0 Å². The van der Waals surface area contributed by atoms with Gasteiger partial charge in [-0.3, -0.25) is 15.5 Å². The van der Waals surface area contributed by atoms with Crippen LogP contribution >= 0.6 is 0 Å². The second-order valence-electron chi connectivity index (χ2n) is 2.96. The standard InChI is InChI=1S/C8H10N4O2.HNO3/c1-11(8(9)10)6-3-2-4-7(5-6)12(13)14;2-1(3)4/h2-5H,1H3,(H3,9,10);(H,2,3,4). The summed E-state index contributed by atoms with van der Waals surface area (Å²) in [6, 6.07) is 5.94. The summed E-state index contributed by atoms with van der Waals surface area (Å²) in [4.78, 5) is 19.7. The van der Waals surface area contributed by atoms with E-state index < -0.39 is 10.0 Å². The molecular formula is C8H11N5O5. The second-order valence-corrected chi connectivity index (χ2v) is 2.96. The van der Waals surface area contributed by atoms with Crippen molar-refractivity contribution in [3.05, 3.63) is 44.5 Å². The monoisotopic (exact) mass is 257 g/mol. The quantitative estimate of drug-likeness (QED) is 0.302. The van der Waals surface area contributed by atoms with Gasteiger partial charge in [0.1, 0.15) is 0 Å². The minimum absolute atomic E-state index is 0.0180. The number of benzene rings is 1. The largest absolute Gasteiger partial charge is 0.370 e. The fraction of sp³-hybridized carbons (Fsp3) is 0.125. The van der Waals surface area contributed by atoms with Crippen molar-refractivity contribution in [2.45, 2.75) is 0 Å². The van der Waals surface area contributed by atoms with Gasteiger partial charge in [-0.05, 0) is 6.07 Å². The minimum atomic E-state index is -1.50. The van der Waals surface area contributed by atoms with Gasteiger partial charge in [0.15, 0.2) is 5.96 Å². The number of nitro groups is 1. The molecule has 0 aliphatic heterocycles. The summed E-state index contributed by atoms with van der Waals surface area (Å²) in [6.45, 7) is 0. The first-order valence-corrected chi connectivity index (χ1v) is 4.41. The molecule has 0 spiro atoms. The summed E-state index contributed by atoms with van der Waals surface area (Å²) in [5.41, 5.74) is 5.74. The summed E-state index contributed by atoms with van der Waals surface area (Å²) in [6.07, 6.45) is 0. The van der Waals surface area contributed by atoms with Crippen molar-refractivity contribution in [3.8, 4) is 0 Å². The van der Waals surface area contributed by atoms with E-state index in [1.54, 1.807) is 19.2 Å². The first-order chi connectivity index (χ1) is 8.25. The van der Waals surface area contributed by atoms with Crippen molar-refractivity contribution in [2.75, 3.05) is 11.9 Å². The van der Waals surface area contributed by atoms with Crippen molar-refractivity contribution in [3.63, 3.8) is 0 Å². The molecule has 10 heteroatoms. The Kier molecular flexibility index (Phi) is 5.55. The van der Waals surface area contributed by atoms with Crippen molar-refractivity contribution in [1.29, 1.82) is 5.41 Å². The third-order valence-corrected chi connectivity index (χ3v) is 1.79. The van der Waals surface area contributed by atoms with E-state index in [2.05, 4.69) is 0 Å². The van der Waals surface area contributed by atoms with E-state index in [1.807, 2.05) is 0 Å². The third kappa shape index (κ3) is 5.25. The van der Waals surface area contributed by atoms with Gasteiger partial charge < -0.3 is 15.8 Å². The van der Waals surface area contributed by atoms with Gasteiger partial charge in [-0.1, -0.05) is 6.07 Å². The van der Waals surface area contributed by atoms with Crippen molar-refractivity contribution < 1.29 is 15.2 Å². The molecule has 1 aromatic carbocycles. The van der Waals surface area contributed by atoms with Gasteiger partial charge in [0.25, 0.3) is 10.8 Å². The Morgan fingerprint density at radius 3 is 2.33 bits per heavy atom. The molecule has 0 aromatic heterocycles. The lowest BCUT2D eigenvalue weighted by Gasteiger charge is -2.15. The van der Waals surface area contributed by atoms with Gasteiger partial charge in [0, 0.05) is 19.2 Å². The molecule has 0 saturated heterocycles. The van der Waals surface area contributed by atoms with Crippen molar-refractivity contribution in [2.24, 2.45) is 5.73 Å². The zero-order valence-corrected chi connectivity index (χ0v) is 9.31. The van der Waals surface area contributed by atoms with E-state index in [1.165, 1.54) is 17.0 Å². The van der Waals surface area contributed by atoms with E-state index in [-0.39, 0.29) is 11.6 Å². The normalized spacial score (nSPS) is 8.72. The van der Waals surface area contributed by atoms with Gasteiger partial charge >= 0.3 is 0 Å². The number of hydrogen-bond acceptors (Lipinski definition) is 5. The maximum atomic E-state index is 10.4. The Morgan fingerprint density at radius 1 is 1.44 bits per heavy atom. The summed E-state index contributed by atoms with van der Waals surface area (Å²) < 4.78 is 0. The molecule has 0 bridgehead atoms. The Hall–Kier alpha value is -2.91. The smallest absolute Gasteiger partial charge is 0.291 e. The summed E-state index contributed by atoms with van der Waals surface area (Å²) in [5.74, 6) is -0.162. The van der Waals surface area contributed by atoms with Crippen LogP contribution in [-0.4, -0.2) is 28.2 Å². The van der Waals surface area contributed by atoms with Crippen LogP contribution in [0.15, 0.2) is 24.3 Å². The minimum Gasteiger partial charge on any atom is -0.370 e. The molecule has 0 atom stereocenters. The molecule has 0 aliphatic rings. The molecule has 0 fully saturated rings. The predicted molar refractivity (Wildman–Crippen MR) is 62.2 cm³/mol. The maximum Gasteiger partial charge on any atom is 0.291 e.